The molecule has 2 aromatic rings. The van der Waals surface area contributed by atoms with Crippen LogP contribution < -0.4 is 33.2 Å². The van der Waals surface area contributed by atoms with Gasteiger partial charge in [-0.05, 0) is 87.4 Å². The van der Waals surface area contributed by atoms with E-state index in [0.717, 1.165) is 22.3 Å². The van der Waals surface area contributed by atoms with Gasteiger partial charge in [-0.15, -0.1) is 0 Å². The summed E-state index contributed by atoms with van der Waals surface area (Å²) >= 11 is 0. The molecule has 13 heteroatoms. The number of piperidine rings is 1. The van der Waals surface area contributed by atoms with Gasteiger partial charge < -0.3 is 43.2 Å². The number of rotatable bonds is 16. The van der Waals surface area contributed by atoms with Crippen LogP contribution in [0.15, 0.2) is 48.5 Å². The van der Waals surface area contributed by atoms with Crippen LogP contribution in [0.5, 0.6) is 0 Å². The first-order valence-corrected chi connectivity index (χ1v) is 18.0. The highest BCUT2D eigenvalue weighted by atomic mass is 16.4. The van der Waals surface area contributed by atoms with Gasteiger partial charge in [-0.25, -0.2) is 0 Å². The van der Waals surface area contributed by atoms with E-state index in [1.807, 2.05) is 69.3 Å². The highest BCUT2D eigenvalue weighted by molar-refractivity contribution is 5.96. The van der Waals surface area contributed by atoms with Crippen LogP contribution in [0.3, 0.4) is 0 Å². The van der Waals surface area contributed by atoms with E-state index in [2.05, 4.69) is 16.0 Å². The molecular weight excluding hydrogens is 650 g/mol. The number of carbonyl (C=O) groups is 5. The number of carboxylic acid groups (broad SMARTS) is 1. The number of amides is 4. The van der Waals surface area contributed by atoms with Crippen LogP contribution in [0.1, 0.15) is 74.6 Å². The third-order valence-corrected chi connectivity index (χ3v) is 10.0. The Labute approximate surface area is 300 Å². The van der Waals surface area contributed by atoms with Gasteiger partial charge in [0.2, 0.25) is 23.6 Å². The Balaban J connectivity index is 1.51. The number of benzene rings is 2. The van der Waals surface area contributed by atoms with Crippen molar-refractivity contribution in [2.24, 2.45) is 23.1 Å². The molecule has 13 nitrogen and oxygen atoms in total. The minimum atomic E-state index is -1.41. The first kappa shape index (κ1) is 39.5. The number of carbonyl (C=O) groups excluding carboxylic acids is 4. The molecule has 278 valence electrons. The molecule has 1 aliphatic carbocycles. The third-order valence-electron chi connectivity index (χ3n) is 10.0. The molecule has 1 unspecified atom stereocenters. The van der Waals surface area contributed by atoms with Crippen molar-refractivity contribution in [2.75, 3.05) is 19.6 Å². The number of aliphatic carboxylic acids is 1. The van der Waals surface area contributed by atoms with Crippen molar-refractivity contribution in [3.63, 3.8) is 0 Å². The first-order valence-electron chi connectivity index (χ1n) is 18.0. The number of nitrogens with zero attached hydrogens (tertiary/aromatic N) is 1. The Morgan fingerprint density at radius 2 is 1.45 bits per heavy atom. The Morgan fingerprint density at radius 1 is 0.824 bits per heavy atom. The van der Waals surface area contributed by atoms with E-state index in [0.29, 0.717) is 38.6 Å². The topological polar surface area (TPSA) is 223 Å². The van der Waals surface area contributed by atoms with E-state index in [1.165, 1.54) is 4.90 Å². The van der Waals surface area contributed by atoms with Gasteiger partial charge in [0.15, 0.2) is 0 Å². The molecule has 1 fully saturated rings. The third kappa shape index (κ3) is 10.4. The van der Waals surface area contributed by atoms with E-state index in [1.54, 1.807) is 0 Å². The number of hydrogen-bond donors (Lipinski definition) is 7. The zero-order valence-electron chi connectivity index (χ0n) is 30.1. The largest absolute Gasteiger partial charge is 0.480 e. The van der Waals surface area contributed by atoms with Gasteiger partial charge in [0.25, 0.3) is 0 Å². The van der Waals surface area contributed by atoms with Crippen LogP contribution in [0.2, 0.25) is 0 Å². The van der Waals surface area contributed by atoms with Crippen LogP contribution >= 0.6 is 0 Å². The van der Waals surface area contributed by atoms with E-state index >= 15 is 0 Å². The second-order valence-electron chi connectivity index (χ2n) is 14.8. The lowest BCUT2D eigenvalue weighted by Crippen LogP contribution is -2.62. The fourth-order valence-corrected chi connectivity index (χ4v) is 6.91. The molecule has 2 aliphatic rings. The summed E-state index contributed by atoms with van der Waals surface area (Å²) in [5, 5.41) is 18.2. The molecule has 0 aromatic heterocycles. The lowest BCUT2D eigenvalue weighted by molar-refractivity contribution is -0.148. The summed E-state index contributed by atoms with van der Waals surface area (Å²) in [4.78, 5) is 68.7. The number of aryl methyl sites for hydroxylation is 1. The van der Waals surface area contributed by atoms with Crippen molar-refractivity contribution in [2.45, 2.75) is 108 Å². The Hall–Kier alpha value is -4.33. The smallest absolute Gasteiger partial charge is 0.323 e. The lowest BCUT2D eigenvalue weighted by Gasteiger charge is -2.38. The van der Waals surface area contributed by atoms with E-state index in [-0.39, 0.29) is 50.6 Å². The normalized spacial score (nSPS) is 19.8. The molecule has 4 atom stereocenters. The number of fused-ring (bicyclic) bond motifs is 1. The van der Waals surface area contributed by atoms with Crippen molar-refractivity contribution in [1.82, 2.24) is 20.9 Å². The van der Waals surface area contributed by atoms with Gasteiger partial charge in [-0.1, -0.05) is 67.9 Å². The summed E-state index contributed by atoms with van der Waals surface area (Å²) in [6.07, 6.45) is 2.85. The van der Waals surface area contributed by atoms with Crippen LogP contribution in [-0.4, -0.2) is 88.4 Å². The monoisotopic (exact) mass is 705 g/mol. The molecule has 4 amide bonds. The van der Waals surface area contributed by atoms with Crippen molar-refractivity contribution < 1.29 is 29.1 Å². The molecule has 2 aromatic carbocycles. The van der Waals surface area contributed by atoms with Crippen LogP contribution in [-0.2, 0) is 43.2 Å². The second kappa shape index (κ2) is 17.3. The van der Waals surface area contributed by atoms with Crippen molar-refractivity contribution in [3.05, 3.63) is 70.8 Å². The van der Waals surface area contributed by atoms with E-state index < -0.39 is 52.9 Å². The molecule has 0 radical (unpaired) electrons. The molecular formula is C38H55N7O6. The predicted octanol–water partition coefficient (Wildman–Crippen LogP) is 1.07. The van der Waals surface area contributed by atoms with E-state index in [4.69, 9.17) is 17.2 Å². The maximum atomic E-state index is 14.1. The Morgan fingerprint density at radius 3 is 2.08 bits per heavy atom. The average Bonchev–Trinajstić information content (AvgIpc) is 3.43. The lowest BCUT2D eigenvalue weighted by atomic mass is 9.88. The Bertz CT molecular complexity index is 1560. The molecule has 1 saturated heterocycles. The molecule has 0 spiro atoms. The number of nitrogens with two attached hydrogens (primary N) is 3. The molecule has 10 N–H and O–H groups in total. The molecule has 0 saturated carbocycles. The number of unbranched alkanes of at least 4 members (excludes halogenated alkanes) is 1. The van der Waals surface area contributed by atoms with Gasteiger partial charge >= 0.3 is 5.97 Å². The van der Waals surface area contributed by atoms with Gasteiger partial charge in [-0.3, -0.25) is 24.0 Å². The second-order valence-corrected chi connectivity index (χ2v) is 14.8. The molecule has 0 bridgehead atoms. The maximum absolute atomic E-state index is 14.1. The average molecular weight is 706 g/mol. The quantitative estimate of drug-likeness (QED) is 0.124. The van der Waals surface area contributed by atoms with Crippen molar-refractivity contribution >= 4 is 29.6 Å². The standard InChI is InChI=1S/C38H55N7O6/c1-24(2)19-30(32(46)42-29(11-7-8-16-39)34(48)45-17-14-37(40,15-18-45)36(50)51)43-33(47)31(21-26-9-5-4-6-10-26)44-35(49)38(41)22-27-13-12-25(3)20-28(27)23-38/h4-6,9-10,12-13,20,24,29-31H,7-8,11,14-19,21-23,39-41H2,1-3H3,(H,42,46)(H,43,47)(H,44,49)(H,50,51)/t29-,30-,31-,38?/m1/s1. The zero-order chi connectivity index (χ0) is 37.3. The predicted molar refractivity (Wildman–Crippen MR) is 194 cm³/mol. The summed E-state index contributed by atoms with van der Waals surface area (Å²) in [5.74, 6) is -2.97. The van der Waals surface area contributed by atoms with Gasteiger partial charge in [-0.2, -0.15) is 0 Å². The fraction of sp³-hybridized carbons (Fsp3) is 0.553. The van der Waals surface area contributed by atoms with Gasteiger partial charge in [0.1, 0.15) is 29.2 Å². The summed E-state index contributed by atoms with van der Waals surface area (Å²) in [7, 11) is 0. The molecule has 1 aliphatic heterocycles. The number of likely N-dealkylation sites (tertiary alicyclic amines) is 1. The van der Waals surface area contributed by atoms with Crippen molar-refractivity contribution in [1.29, 1.82) is 0 Å². The van der Waals surface area contributed by atoms with Gasteiger partial charge in [0.05, 0.1) is 0 Å². The van der Waals surface area contributed by atoms with Gasteiger partial charge in [0, 0.05) is 19.5 Å². The molecule has 1 heterocycles. The van der Waals surface area contributed by atoms with Crippen LogP contribution in [0.4, 0.5) is 0 Å². The molecule has 4 rings (SSSR count). The van der Waals surface area contributed by atoms with Crippen molar-refractivity contribution in [3.8, 4) is 0 Å². The summed E-state index contributed by atoms with van der Waals surface area (Å²) in [5.41, 5.74) is 19.7. The fourth-order valence-electron chi connectivity index (χ4n) is 6.91. The SMILES string of the molecule is Cc1ccc2c(c1)CC(N)(C(=O)N[C@H](Cc1ccccc1)C(=O)N[C@H](CC(C)C)C(=O)N[C@H](CCCCN)C(=O)N1CCC(N)(C(=O)O)CC1)C2. The highest BCUT2D eigenvalue weighted by Crippen LogP contribution is 2.30. The van der Waals surface area contributed by atoms with E-state index in [9.17, 15) is 29.1 Å². The van der Waals surface area contributed by atoms with Crippen LogP contribution in [0.25, 0.3) is 0 Å². The summed E-state index contributed by atoms with van der Waals surface area (Å²) in [6.45, 7) is 6.54. The maximum Gasteiger partial charge on any atom is 0.323 e. The minimum absolute atomic E-state index is 0.00171. The number of nitrogens with one attached hydrogen (secondary N) is 3. The minimum Gasteiger partial charge on any atom is -0.480 e. The summed E-state index contributed by atoms with van der Waals surface area (Å²) < 4.78 is 0. The zero-order valence-corrected chi connectivity index (χ0v) is 30.1. The Kier molecular flexibility index (Phi) is 13.4. The highest BCUT2D eigenvalue weighted by Gasteiger charge is 2.43. The first-order chi connectivity index (χ1) is 24.1. The van der Waals surface area contributed by atoms with Crippen LogP contribution in [0, 0.1) is 12.8 Å². The number of hydrogen-bond acceptors (Lipinski definition) is 8. The molecule has 51 heavy (non-hydrogen) atoms. The number of carboxylic acids is 1. The summed E-state index contributed by atoms with van der Waals surface area (Å²) in [6, 6.07) is 12.3.